The second-order valence-electron chi connectivity index (χ2n) is 6.56. The predicted octanol–water partition coefficient (Wildman–Crippen LogP) is 4.59. The zero-order valence-corrected chi connectivity index (χ0v) is 16.7. The van der Waals surface area contributed by atoms with E-state index in [4.69, 9.17) is 9.40 Å². The predicted molar refractivity (Wildman–Crippen MR) is 114 cm³/mol. The molecule has 0 aliphatic carbocycles. The van der Waals surface area contributed by atoms with Crippen molar-refractivity contribution in [2.75, 3.05) is 0 Å². The Kier molecular flexibility index (Phi) is 4.49. The largest absolute Gasteiger partial charge is 0.494 e. The number of aromatic amines is 1. The van der Waals surface area contributed by atoms with E-state index in [0.29, 0.717) is 29.2 Å². The first-order valence-electron chi connectivity index (χ1n) is 8.93. The number of benzene rings is 2. The van der Waals surface area contributed by atoms with E-state index >= 15 is 0 Å². The molecule has 5 rings (SSSR count). The van der Waals surface area contributed by atoms with E-state index in [1.165, 1.54) is 0 Å². The van der Waals surface area contributed by atoms with Crippen molar-refractivity contribution in [3.05, 3.63) is 85.6 Å². The van der Waals surface area contributed by atoms with Gasteiger partial charge in [-0.3, -0.25) is 9.78 Å². The maximum absolute atomic E-state index is 11.4. The van der Waals surface area contributed by atoms with Crippen molar-refractivity contribution < 1.29 is 9.52 Å². The molecule has 2 N–H and O–H groups in total. The fraction of sp³-hybridized carbons (Fsp3) is 0.0952. The van der Waals surface area contributed by atoms with Gasteiger partial charge in [-0.05, 0) is 17.7 Å². The maximum atomic E-state index is 11.4. The Hall–Kier alpha value is -3.23. The van der Waals surface area contributed by atoms with Crippen LogP contribution in [0.2, 0.25) is 0 Å². The minimum atomic E-state index is -0.263. The van der Waals surface area contributed by atoms with Crippen LogP contribution in [0, 0.1) is 0 Å². The van der Waals surface area contributed by atoms with Crippen LogP contribution in [-0.4, -0.2) is 20.1 Å². The summed E-state index contributed by atoms with van der Waals surface area (Å²) in [6.07, 6.45) is 0.980. The van der Waals surface area contributed by atoms with Crippen molar-refractivity contribution in [1.82, 2.24) is 15.0 Å². The monoisotopic (exact) mass is 421 g/mol. The average molecular weight is 422 g/mol. The molecule has 0 saturated carbocycles. The first kappa shape index (κ1) is 17.8. The number of thiazole rings is 2. The van der Waals surface area contributed by atoms with E-state index in [9.17, 15) is 9.90 Å². The molecule has 0 aliphatic rings. The quantitative estimate of drug-likeness (QED) is 0.433. The molecule has 0 unspecified atom stereocenters. The van der Waals surface area contributed by atoms with E-state index in [-0.39, 0.29) is 10.8 Å². The Morgan fingerprint density at radius 3 is 2.72 bits per heavy atom. The maximum Gasteiger partial charge on any atom is 0.307 e. The number of oxazole rings is 1. The van der Waals surface area contributed by atoms with Gasteiger partial charge in [-0.15, -0.1) is 11.3 Å². The van der Waals surface area contributed by atoms with Crippen LogP contribution in [0.4, 0.5) is 0 Å². The summed E-state index contributed by atoms with van der Waals surface area (Å²) in [7, 11) is 0. The Labute approximate surface area is 173 Å². The molecule has 0 saturated heterocycles. The Morgan fingerprint density at radius 2 is 1.93 bits per heavy atom. The van der Waals surface area contributed by atoms with Crippen LogP contribution in [0.1, 0.15) is 22.0 Å². The molecule has 0 spiro atoms. The number of hydrogen-bond donors (Lipinski definition) is 2. The summed E-state index contributed by atoms with van der Waals surface area (Å²) in [6.45, 7) is 0. The number of aromatic hydroxyl groups is 1. The lowest BCUT2D eigenvalue weighted by atomic mass is 10.1. The van der Waals surface area contributed by atoms with E-state index in [0.717, 1.165) is 38.7 Å². The Bertz CT molecular complexity index is 1350. The van der Waals surface area contributed by atoms with Gasteiger partial charge in [0.05, 0.1) is 17.0 Å². The SMILES string of the molecule is O=c1[nH]c(O)c(Cc2ccc3oc(Cc4csc(-c5ccccc5)n4)nc3c2)s1. The third-order valence-corrected chi connectivity index (χ3v) is 6.28. The molecule has 29 heavy (non-hydrogen) atoms. The topological polar surface area (TPSA) is 92.0 Å². The molecule has 5 aromatic rings. The van der Waals surface area contributed by atoms with Crippen LogP contribution in [0.3, 0.4) is 0 Å². The fourth-order valence-electron chi connectivity index (χ4n) is 3.12. The third-order valence-electron chi connectivity index (χ3n) is 4.47. The van der Waals surface area contributed by atoms with E-state index in [2.05, 4.69) is 9.97 Å². The van der Waals surface area contributed by atoms with Gasteiger partial charge in [0, 0.05) is 17.4 Å². The van der Waals surface area contributed by atoms with Gasteiger partial charge in [0.15, 0.2) is 5.58 Å². The molecule has 0 fully saturated rings. The molecule has 0 bridgehead atoms. The molecule has 0 atom stereocenters. The molecule has 0 radical (unpaired) electrons. The summed E-state index contributed by atoms with van der Waals surface area (Å²) in [5.74, 6) is 0.537. The molecule has 0 amide bonds. The summed E-state index contributed by atoms with van der Waals surface area (Å²) < 4.78 is 5.87. The minimum absolute atomic E-state index is 0.0707. The van der Waals surface area contributed by atoms with Crippen LogP contribution < -0.4 is 4.87 Å². The van der Waals surface area contributed by atoms with Crippen LogP contribution in [0.15, 0.2) is 63.1 Å². The smallest absolute Gasteiger partial charge is 0.307 e. The standard InChI is InChI=1S/C21H15N3O3S2/c25-19-17(29-21(26)24-19)9-12-6-7-16-15(8-12)23-18(27-16)10-14-11-28-20(22-14)13-4-2-1-3-5-13/h1-8,11,25H,9-10H2,(H,24,26). The zero-order valence-electron chi connectivity index (χ0n) is 15.1. The highest BCUT2D eigenvalue weighted by molar-refractivity contribution is 7.13. The summed E-state index contributed by atoms with van der Waals surface area (Å²) in [5.41, 5.74) is 4.42. The highest BCUT2D eigenvalue weighted by Crippen LogP contribution is 2.26. The lowest BCUT2D eigenvalue weighted by Crippen LogP contribution is -1.89. The summed E-state index contributed by atoms with van der Waals surface area (Å²) in [6, 6.07) is 15.8. The molecule has 6 nitrogen and oxygen atoms in total. The van der Waals surface area contributed by atoms with Gasteiger partial charge in [0.25, 0.3) is 0 Å². The Morgan fingerprint density at radius 1 is 1.07 bits per heavy atom. The first-order chi connectivity index (χ1) is 14.1. The number of rotatable bonds is 5. The molecule has 3 heterocycles. The van der Waals surface area contributed by atoms with Crippen molar-refractivity contribution in [1.29, 1.82) is 0 Å². The van der Waals surface area contributed by atoms with Crippen molar-refractivity contribution >= 4 is 33.8 Å². The molecule has 3 aromatic heterocycles. The first-order valence-corrected chi connectivity index (χ1v) is 10.6. The molecular formula is C21H15N3O3S2. The molecule has 0 aliphatic heterocycles. The molecule has 8 heteroatoms. The van der Waals surface area contributed by atoms with E-state index in [1.54, 1.807) is 11.3 Å². The van der Waals surface area contributed by atoms with Crippen LogP contribution >= 0.6 is 22.7 Å². The van der Waals surface area contributed by atoms with Crippen LogP contribution in [0.25, 0.3) is 21.7 Å². The lowest BCUT2D eigenvalue weighted by molar-refractivity contribution is 0.451. The van der Waals surface area contributed by atoms with Crippen LogP contribution in [-0.2, 0) is 12.8 Å². The third kappa shape index (κ3) is 3.72. The van der Waals surface area contributed by atoms with Crippen LogP contribution in [0.5, 0.6) is 5.88 Å². The Balaban J connectivity index is 1.37. The number of nitrogens with zero attached hydrogens (tertiary/aromatic N) is 2. The van der Waals surface area contributed by atoms with Gasteiger partial charge in [-0.2, -0.15) is 0 Å². The van der Waals surface area contributed by atoms with Crippen molar-refractivity contribution in [3.8, 4) is 16.5 Å². The van der Waals surface area contributed by atoms with Gasteiger partial charge < -0.3 is 9.52 Å². The zero-order chi connectivity index (χ0) is 19.8. The van der Waals surface area contributed by atoms with E-state index < -0.39 is 0 Å². The van der Waals surface area contributed by atoms with Crippen molar-refractivity contribution in [2.45, 2.75) is 12.8 Å². The second-order valence-corrected chi connectivity index (χ2v) is 8.49. The normalized spacial score (nSPS) is 11.3. The fourth-order valence-corrected chi connectivity index (χ4v) is 4.70. The number of aromatic nitrogens is 3. The highest BCUT2D eigenvalue weighted by atomic mass is 32.1. The average Bonchev–Trinajstić information content (AvgIpc) is 3.41. The van der Waals surface area contributed by atoms with E-state index in [1.807, 2.05) is 53.9 Å². The van der Waals surface area contributed by atoms with Gasteiger partial charge in [-0.25, -0.2) is 9.97 Å². The highest BCUT2D eigenvalue weighted by Gasteiger charge is 2.12. The summed E-state index contributed by atoms with van der Waals surface area (Å²) in [5, 5.41) is 12.8. The van der Waals surface area contributed by atoms with Gasteiger partial charge in [-0.1, -0.05) is 47.7 Å². The summed E-state index contributed by atoms with van der Waals surface area (Å²) >= 11 is 2.61. The molecule has 144 valence electrons. The van der Waals surface area contributed by atoms with Gasteiger partial charge in [0.1, 0.15) is 10.5 Å². The number of fused-ring (bicyclic) bond motifs is 1. The number of hydrogen-bond acceptors (Lipinski definition) is 7. The van der Waals surface area contributed by atoms with Gasteiger partial charge >= 0.3 is 4.87 Å². The second kappa shape index (κ2) is 7.31. The molecule has 2 aromatic carbocycles. The van der Waals surface area contributed by atoms with Gasteiger partial charge in [0.2, 0.25) is 11.8 Å². The van der Waals surface area contributed by atoms with Crippen molar-refractivity contribution in [3.63, 3.8) is 0 Å². The minimum Gasteiger partial charge on any atom is -0.494 e. The summed E-state index contributed by atoms with van der Waals surface area (Å²) in [4.78, 5) is 23.4. The number of H-pyrrole nitrogens is 1. The number of nitrogens with one attached hydrogen (secondary N) is 1. The lowest BCUT2D eigenvalue weighted by Gasteiger charge is -1.98. The van der Waals surface area contributed by atoms with Crippen molar-refractivity contribution in [2.24, 2.45) is 0 Å². The molecular weight excluding hydrogens is 406 g/mol.